The molecule has 1 aliphatic carbocycles. The van der Waals surface area contributed by atoms with Crippen molar-refractivity contribution in [1.29, 1.82) is 0 Å². The second-order valence-corrected chi connectivity index (χ2v) is 7.91. The molecule has 2 aromatic rings. The van der Waals surface area contributed by atoms with Crippen LogP contribution in [-0.2, 0) is 14.3 Å². The number of hydrogen-bond donors (Lipinski definition) is 1. The number of nitrogens with zero attached hydrogens (tertiary/aromatic N) is 1. The fraction of sp³-hybridized carbons (Fsp3) is 0.526. The van der Waals surface area contributed by atoms with Gasteiger partial charge in [-0.2, -0.15) is 0 Å². The third-order valence-electron chi connectivity index (χ3n) is 4.49. The summed E-state index contributed by atoms with van der Waals surface area (Å²) >= 11 is 1.66. The first-order chi connectivity index (χ1) is 12.0. The van der Waals surface area contributed by atoms with Gasteiger partial charge in [0.15, 0.2) is 6.61 Å². The van der Waals surface area contributed by atoms with Gasteiger partial charge in [-0.1, -0.05) is 25.0 Å². The maximum atomic E-state index is 12.6. The van der Waals surface area contributed by atoms with Gasteiger partial charge in [-0.25, -0.2) is 4.98 Å². The Morgan fingerprint density at radius 1 is 1.28 bits per heavy atom. The summed E-state index contributed by atoms with van der Waals surface area (Å²) < 4.78 is 6.44. The fourth-order valence-electron chi connectivity index (χ4n) is 3.36. The highest BCUT2D eigenvalue weighted by Crippen LogP contribution is 2.41. The Balaban J connectivity index is 1.70. The molecule has 134 valence electrons. The number of rotatable bonds is 5. The number of amides is 1. The molecule has 3 rings (SSSR count). The zero-order chi connectivity index (χ0) is 17.8. The maximum absolute atomic E-state index is 12.6. The van der Waals surface area contributed by atoms with Gasteiger partial charge in [-0.3, -0.25) is 9.59 Å². The summed E-state index contributed by atoms with van der Waals surface area (Å²) in [6, 6.07) is 8.08. The van der Waals surface area contributed by atoms with Crippen molar-refractivity contribution in [1.82, 2.24) is 10.3 Å². The molecule has 1 heterocycles. The van der Waals surface area contributed by atoms with E-state index in [1.54, 1.807) is 11.3 Å². The number of ether oxygens (including phenoxy) is 1. The molecular formula is C19H24N2O3S. The van der Waals surface area contributed by atoms with E-state index in [0.29, 0.717) is 0 Å². The van der Waals surface area contributed by atoms with Crippen molar-refractivity contribution in [2.75, 3.05) is 6.61 Å². The molecule has 0 bridgehead atoms. The Hall–Kier alpha value is -1.95. The van der Waals surface area contributed by atoms with Gasteiger partial charge < -0.3 is 10.1 Å². The second kappa shape index (κ2) is 7.95. The number of nitrogens with one attached hydrogen (secondary N) is 1. The summed E-state index contributed by atoms with van der Waals surface area (Å²) in [4.78, 5) is 29.0. The molecule has 0 saturated heterocycles. The van der Waals surface area contributed by atoms with Crippen molar-refractivity contribution in [3.05, 3.63) is 29.3 Å². The van der Waals surface area contributed by atoms with E-state index in [-0.39, 0.29) is 36.4 Å². The van der Waals surface area contributed by atoms with Gasteiger partial charge in [0.1, 0.15) is 0 Å². The minimum absolute atomic E-state index is 0.0383. The van der Waals surface area contributed by atoms with E-state index in [0.717, 1.165) is 40.9 Å². The van der Waals surface area contributed by atoms with Crippen molar-refractivity contribution in [3.63, 3.8) is 0 Å². The van der Waals surface area contributed by atoms with Gasteiger partial charge in [0.2, 0.25) is 0 Å². The molecule has 1 aromatic heterocycles. The largest absolute Gasteiger partial charge is 0.455 e. The molecule has 1 aromatic carbocycles. The number of benzene rings is 1. The standard InChI is InChI=1S/C19H24N2O3S/c1-12(2)20-17(22)11-24-19(23)14-8-4-3-7-13(14)18-21-15-9-5-6-10-16(15)25-18/h5-6,9-10,12-14H,3-4,7-8,11H2,1-2H3,(H,20,22)/t13-,14+/m1/s1. The quantitative estimate of drug-likeness (QED) is 0.827. The molecule has 0 spiro atoms. The number of carbonyl (C=O) groups is 2. The van der Waals surface area contributed by atoms with Crippen LogP contribution in [0, 0.1) is 5.92 Å². The molecule has 2 atom stereocenters. The smallest absolute Gasteiger partial charge is 0.310 e. The van der Waals surface area contributed by atoms with Crippen LogP contribution in [0.2, 0.25) is 0 Å². The highest BCUT2D eigenvalue weighted by Gasteiger charge is 2.35. The highest BCUT2D eigenvalue weighted by atomic mass is 32.1. The van der Waals surface area contributed by atoms with Crippen molar-refractivity contribution >= 4 is 33.4 Å². The minimum Gasteiger partial charge on any atom is -0.455 e. The van der Waals surface area contributed by atoms with Gasteiger partial charge in [0.05, 0.1) is 21.1 Å². The summed E-state index contributed by atoms with van der Waals surface area (Å²) in [6.45, 7) is 3.55. The summed E-state index contributed by atoms with van der Waals surface area (Å²) in [7, 11) is 0. The van der Waals surface area contributed by atoms with E-state index in [4.69, 9.17) is 9.72 Å². The van der Waals surface area contributed by atoms with Gasteiger partial charge in [-0.15, -0.1) is 11.3 Å². The Morgan fingerprint density at radius 2 is 2.04 bits per heavy atom. The van der Waals surface area contributed by atoms with Crippen LogP contribution in [0.4, 0.5) is 0 Å². The number of hydrogen-bond acceptors (Lipinski definition) is 5. The van der Waals surface area contributed by atoms with Crippen molar-refractivity contribution in [2.45, 2.75) is 51.5 Å². The lowest BCUT2D eigenvalue weighted by molar-refractivity contribution is -0.154. The van der Waals surface area contributed by atoms with E-state index in [1.807, 2.05) is 32.0 Å². The van der Waals surface area contributed by atoms with Crippen molar-refractivity contribution < 1.29 is 14.3 Å². The van der Waals surface area contributed by atoms with Gasteiger partial charge in [0, 0.05) is 12.0 Å². The van der Waals surface area contributed by atoms with E-state index >= 15 is 0 Å². The maximum Gasteiger partial charge on any atom is 0.310 e. The molecule has 6 heteroatoms. The summed E-state index contributed by atoms with van der Waals surface area (Å²) in [6.07, 6.45) is 3.85. The molecule has 0 aliphatic heterocycles. The van der Waals surface area contributed by atoms with Crippen LogP contribution < -0.4 is 5.32 Å². The van der Waals surface area contributed by atoms with Crippen molar-refractivity contribution in [2.24, 2.45) is 5.92 Å². The SMILES string of the molecule is CC(C)NC(=O)COC(=O)[C@H]1CCCC[C@H]1c1nc2ccccc2s1. The van der Waals surface area contributed by atoms with Crippen LogP contribution in [0.25, 0.3) is 10.2 Å². The second-order valence-electron chi connectivity index (χ2n) is 6.85. The number of thiazole rings is 1. The molecule has 1 amide bonds. The molecule has 0 radical (unpaired) electrons. The lowest BCUT2D eigenvalue weighted by Crippen LogP contribution is -2.36. The first-order valence-corrected chi connectivity index (χ1v) is 9.67. The van der Waals surface area contributed by atoms with Gasteiger partial charge in [0.25, 0.3) is 5.91 Å². The number of carbonyl (C=O) groups excluding carboxylic acids is 2. The number of aromatic nitrogens is 1. The molecule has 1 aliphatic rings. The molecular weight excluding hydrogens is 336 g/mol. The number of fused-ring (bicyclic) bond motifs is 1. The molecule has 1 fully saturated rings. The predicted octanol–water partition coefficient (Wildman–Crippen LogP) is 3.64. The van der Waals surface area contributed by atoms with E-state index < -0.39 is 0 Å². The molecule has 5 nitrogen and oxygen atoms in total. The van der Waals surface area contributed by atoms with Gasteiger partial charge >= 0.3 is 5.97 Å². The van der Waals surface area contributed by atoms with Crippen LogP contribution in [0.3, 0.4) is 0 Å². The third kappa shape index (κ3) is 4.37. The van der Waals surface area contributed by atoms with E-state index in [2.05, 4.69) is 11.4 Å². The van der Waals surface area contributed by atoms with E-state index in [9.17, 15) is 9.59 Å². The zero-order valence-corrected chi connectivity index (χ0v) is 15.5. The average molecular weight is 360 g/mol. The summed E-state index contributed by atoms with van der Waals surface area (Å²) in [5, 5.41) is 3.74. The fourth-order valence-corrected chi connectivity index (χ4v) is 4.53. The van der Waals surface area contributed by atoms with Crippen molar-refractivity contribution in [3.8, 4) is 0 Å². The average Bonchev–Trinajstić information content (AvgIpc) is 3.03. The van der Waals surface area contributed by atoms with Gasteiger partial charge in [-0.05, 0) is 38.8 Å². The molecule has 1 N–H and O–H groups in total. The summed E-state index contributed by atoms with van der Waals surface area (Å²) in [5.41, 5.74) is 0.983. The lowest BCUT2D eigenvalue weighted by Gasteiger charge is -2.28. The first kappa shape index (κ1) is 17.9. The summed E-state index contributed by atoms with van der Waals surface area (Å²) in [5.74, 6) is -0.647. The first-order valence-electron chi connectivity index (χ1n) is 8.86. The number of para-hydroxylation sites is 1. The Bertz CT molecular complexity index is 723. The zero-order valence-electron chi connectivity index (χ0n) is 14.7. The third-order valence-corrected chi connectivity index (χ3v) is 5.66. The molecule has 1 saturated carbocycles. The van der Waals surface area contributed by atoms with Crippen LogP contribution in [0.5, 0.6) is 0 Å². The predicted molar refractivity (Wildman–Crippen MR) is 98.6 cm³/mol. The normalized spacial score (nSPS) is 20.6. The Morgan fingerprint density at radius 3 is 2.80 bits per heavy atom. The van der Waals surface area contributed by atoms with E-state index in [1.165, 1.54) is 0 Å². The highest BCUT2D eigenvalue weighted by molar-refractivity contribution is 7.18. The Labute approximate surface area is 151 Å². The minimum atomic E-state index is -0.275. The molecule has 25 heavy (non-hydrogen) atoms. The van der Waals surface area contributed by atoms with Crippen LogP contribution in [0.15, 0.2) is 24.3 Å². The van der Waals surface area contributed by atoms with Crippen LogP contribution in [0.1, 0.15) is 50.5 Å². The topological polar surface area (TPSA) is 68.3 Å². The molecule has 0 unspecified atom stereocenters. The lowest BCUT2D eigenvalue weighted by atomic mass is 9.79. The van der Waals surface area contributed by atoms with Crippen LogP contribution in [-0.4, -0.2) is 29.5 Å². The Kier molecular flexibility index (Phi) is 5.68. The monoisotopic (exact) mass is 360 g/mol. The van der Waals surface area contributed by atoms with Crippen LogP contribution >= 0.6 is 11.3 Å². The number of esters is 1.